The molecule has 0 saturated heterocycles. The maximum atomic E-state index is 12.6. The molecule has 2 aromatic rings. The smallest absolute Gasteiger partial charge is 0.478 e. The van der Waals surface area contributed by atoms with Gasteiger partial charge in [0.15, 0.2) is 15.6 Å². The molecule has 0 spiro atoms. The average molecular weight is 461 g/mol. The normalized spacial score (nSPS) is 11.8. The van der Waals surface area contributed by atoms with Gasteiger partial charge in [-0.15, -0.1) is 13.2 Å². The zero-order valence-electron chi connectivity index (χ0n) is 16.8. The predicted molar refractivity (Wildman–Crippen MR) is 108 cm³/mol. The predicted octanol–water partition coefficient (Wildman–Crippen LogP) is 5.08. The summed E-state index contributed by atoms with van der Waals surface area (Å²) in [4.78, 5) is 11.2. The molecule has 0 aromatic heterocycles. The Bertz CT molecular complexity index is 1020. The highest BCUT2D eigenvalue weighted by molar-refractivity contribution is 7.91. The van der Waals surface area contributed by atoms with Crippen LogP contribution >= 0.6 is 0 Å². The van der Waals surface area contributed by atoms with E-state index >= 15 is 0 Å². The van der Waals surface area contributed by atoms with E-state index in [-0.39, 0.29) is 33.4 Å². The molecule has 0 unspecified atom stereocenters. The van der Waals surface area contributed by atoms with Crippen LogP contribution in [0.1, 0.15) is 37.0 Å². The van der Waals surface area contributed by atoms with Crippen LogP contribution in [-0.4, -0.2) is 38.2 Å². The van der Waals surface area contributed by atoms with Crippen molar-refractivity contribution in [2.24, 2.45) is 0 Å². The molecule has 0 fully saturated rings. The van der Waals surface area contributed by atoms with Crippen molar-refractivity contribution in [3.8, 4) is 17.2 Å². The molecule has 0 radical (unpaired) electrons. The van der Waals surface area contributed by atoms with Gasteiger partial charge in [0.2, 0.25) is 0 Å². The Morgan fingerprint density at radius 2 is 1.71 bits per heavy atom. The molecular formula is C20H22F3NO6S. The van der Waals surface area contributed by atoms with E-state index in [1.54, 1.807) is 0 Å². The van der Waals surface area contributed by atoms with Crippen molar-refractivity contribution in [2.45, 2.75) is 37.9 Å². The van der Waals surface area contributed by atoms with Crippen LogP contribution in [0.3, 0.4) is 0 Å². The molecular weight excluding hydrogens is 439 g/mol. The van der Waals surface area contributed by atoms with Crippen LogP contribution in [0.15, 0.2) is 41.3 Å². The number of halogens is 3. The number of anilines is 1. The van der Waals surface area contributed by atoms with Crippen molar-refractivity contribution in [3.05, 3.63) is 42.0 Å². The second kappa shape index (κ2) is 9.90. The van der Waals surface area contributed by atoms with E-state index in [9.17, 15) is 31.5 Å². The molecule has 0 atom stereocenters. The highest BCUT2D eigenvalue weighted by Gasteiger charge is 2.31. The second-order valence-corrected chi connectivity index (χ2v) is 8.71. The first kappa shape index (κ1) is 24.3. The van der Waals surface area contributed by atoms with E-state index in [0.29, 0.717) is 6.54 Å². The van der Waals surface area contributed by atoms with Gasteiger partial charge in [0, 0.05) is 6.54 Å². The number of unbranched alkanes of at least 4 members (excludes halogenated alkanes) is 1. The zero-order chi connectivity index (χ0) is 23.2. The standard InChI is InChI=1S/C20H22F3NO6S/c1-3-5-10-24-16-11-13(19(25)26)12-17(31(27,28)4-2)18(16)29-14-6-8-15(9-7-14)30-20(21,22)23/h6-9,11-12,24H,3-5,10H2,1-2H3,(H,25,26). The number of aromatic carboxylic acids is 1. The third-order valence-corrected chi connectivity index (χ3v) is 5.87. The van der Waals surface area contributed by atoms with Gasteiger partial charge in [-0.25, -0.2) is 13.2 Å². The lowest BCUT2D eigenvalue weighted by Gasteiger charge is -2.18. The number of carboxylic acids is 1. The summed E-state index contributed by atoms with van der Waals surface area (Å²) in [5.41, 5.74) is -0.0942. The van der Waals surface area contributed by atoms with Gasteiger partial charge in [0.1, 0.15) is 16.4 Å². The number of benzene rings is 2. The number of ether oxygens (including phenoxy) is 2. The lowest BCUT2D eigenvalue weighted by molar-refractivity contribution is -0.274. The minimum atomic E-state index is -4.85. The third-order valence-electron chi connectivity index (χ3n) is 4.14. The van der Waals surface area contributed by atoms with Gasteiger partial charge in [-0.1, -0.05) is 20.3 Å². The van der Waals surface area contributed by atoms with E-state index in [1.807, 2.05) is 6.92 Å². The Kier molecular flexibility index (Phi) is 7.77. The fourth-order valence-electron chi connectivity index (χ4n) is 2.58. The summed E-state index contributed by atoms with van der Waals surface area (Å²) in [6.45, 7) is 3.78. The summed E-state index contributed by atoms with van der Waals surface area (Å²) in [5.74, 6) is -2.18. The van der Waals surface area contributed by atoms with Gasteiger partial charge in [-0.2, -0.15) is 0 Å². The molecule has 0 heterocycles. The summed E-state index contributed by atoms with van der Waals surface area (Å²) in [6.07, 6.45) is -3.29. The maximum Gasteiger partial charge on any atom is 0.573 e. The van der Waals surface area contributed by atoms with Gasteiger partial charge in [0.25, 0.3) is 0 Å². The Morgan fingerprint density at radius 1 is 1.10 bits per heavy atom. The molecule has 0 amide bonds. The van der Waals surface area contributed by atoms with Crippen LogP contribution in [0.2, 0.25) is 0 Å². The maximum absolute atomic E-state index is 12.6. The molecule has 31 heavy (non-hydrogen) atoms. The van der Waals surface area contributed by atoms with Crippen LogP contribution < -0.4 is 14.8 Å². The number of rotatable bonds is 10. The number of nitrogens with one attached hydrogen (secondary N) is 1. The number of carbonyl (C=O) groups is 1. The third kappa shape index (κ3) is 6.78. The molecule has 0 aliphatic carbocycles. The largest absolute Gasteiger partial charge is 0.573 e. The van der Waals surface area contributed by atoms with Crippen LogP contribution in [0.5, 0.6) is 17.2 Å². The molecule has 2 aromatic carbocycles. The van der Waals surface area contributed by atoms with Crippen LogP contribution in [-0.2, 0) is 9.84 Å². The van der Waals surface area contributed by atoms with Crippen molar-refractivity contribution < 1.29 is 41.0 Å². The second-order valence-electron chi connectivity index (χ2n) is 6.46. The van der Waals surface area contributed by atoms with Gasteiger partial charge < -0.3 is 19.9 Å². The Morgan fingerprint density at radius 3 is 2.23 bits per heavy atom. The fraction of sp³-hybridized carbons (Fsp3) is 0.350. The zero-order valence-corrected chi connectivity index (χ0v) is 17.6. The quantitative estimate of drug-likeness (QED) is 0.476. The van der Waals surface area contributed by atoms with Crippen molar-refractivity contribution in [3.63, 3.8) is 0 Å². The SMILES string of the molecule is CCCCNc1cc(C(=O)O)cc(S(=O)(=O)CC)c1Oc1ccc(OC(F)(F)F)cc1. The Balaban J connectivity index is 2.53. The van der Waals surface area contributed by atoms with Crippen molar-refractivity contribution in [1.82, 2.24) is 0 Å². The van der Waals surface area contributed by atoms with E-state index in [4.69, 9.17) is 4.74 Å². The molecule has 11 heteroatoms. The lowest BCUT2D eigenvalue weighted by atomic mass is 10.1. The Hall–Kier alpha value is -2.95. The Labute approximate surface area is 177 Å². The van der Waals surface area contributed by atoms with E-state index < -0.39 is 27.9 Å². The van der Waals surface area contributed by atoms with Gasteiger partial charge in [-0.3, -0.25) is 0 Å². The average Bonchev–Trinajstić information content (AvgIpc) is 2.69. The van der Waals surface area contributed by atoms with Crippen LogP contribution in [0.25, 0.3) is 0 Å². The number of hydrogen-bond donors (Lipinski definition) is 2. The first-order valence-electron chi connectivity index (χ1n) is 9.38. The van der Waals surface area contributed by atoms with Crippen LogP contribution in [0, 0.1) is 0 Å². The molecule has 0 bridgehead atoms. The van der Waals surface area contributed by atoms with Gasteiger partial charge in [-0.05, 0) is 42.8 Å². The van der Waals surface area contributed by atoms with E-state index in [2.05, 4.69) is 10.1 Å². The summed E-state index contributed by atoms with van der Waals surface area (Å²) in [7, 11) is -3.89. The first-order valence-corrected chi connectivity index (χ1v) is 11.0. The van der Waals surface area contributed by atoms with Crippen LogP contribution in [0.4, 0.5) is 18.9 Å². The number of carboxylic acid groups (broad SMARTS) is 1. The monoisotopic (exact) mass is 461 g/mol. The molecule has 0 aliphatic rings. The minimum Gasteiger partial charge on any atom is -0.478 e. The van der Waals surface area contributed by atoms with Crippen molar-refractivity contribution in [1.29, 1.82) is 0 Å². The number of hydrogen-bond acceptors (Lipinski definition) is 6. The van der Waals surface area contributed by atoms with E-state index in [1.165, 1.54) is 25.1 Å². The summed E-state index contributed by atoms with van der Waals surface area (Å²) in [6, 6.07) is 6.67. The lowest BCUT2D eigenvalue weighted by Crippen LogP contribution is -2.16. The summed E-state index contributed by atoms with van der Waals surface area (Å²) < 4.78 is 71.8. The number of sulfone groups is 1. The summed E-state index contributed by atoms with van der Waals surface area (Å²) in [5, 5.41) is 12.4. The topological polar surface area (TPSA) is 102 Å². The molecule has 0 aliphatic heterocycles. The highest BCUT2D eigenvalue weighted by atomic mass is 32.2. The van der Waals surface area contributed by atoms with Gasteiger partial charge >= 0.3 is 12.3 Å². The molecule has 0 saturated carbocycles. The van der Waals surface area contributed by atoms with Gasteiger partial charge in [0.05, 0.1) is 17.0 Å². The molecule has 2 rings (SSSR count). The first-order chi connectivity index (χ1) is 14.5. The van der Waals surface area contributed by atoms with E-state index in [0.717, 1.165) is 31.0 Å². The van der Waals surface area contributed by atoms with Crippen molar-refractivity contribution in [2.75, 3.05) is 17.6 Å². The number of alkyl halides is 3. The molecule has 2 N–H and O–H groups in total. The molecule has 7 nitrogen and oxygen atoms in total. The highest BCUT2D eigenvalue weighted by Crippen LogP contribution is 2.39. The van der Waals surface area contributed by atoms with Crippen molar-refractivity contribution >= 4 is 21.5 Å². The minimum absolute atomic E-state index is 0.0451. The summed E-state index contributed by atoms with van der Waals surface area (Å²) >= 11 is 0. The molecule has 170 valence electrons. The fourth-order valence-corrected chi connectivity index (χ4v) is 3.63.